The highest BCUT2D eigenvalue weighted by molar-refractivity contribution is 6.74. The van der Waals surface area contributed by atoms with Crippen LogP contribution in [0.2, 0.25) is 36.3 Å². The Labute approximate surface area is 202 Å². The second kappa shape index (κ2) is 9.42. The quantitative estimate of drug-likeness (QED) is 0.403. The second-order valence-electron chi connectivity index (χ2n) is 12.3. The molecule has 0 aliphatic carbocycles. The van der Waals surface area contributed by atoms with Crippen molar-refractivity contribution < 1.29 is 18.3 Å². The minimum absolute atomic E-state index is 0.0887. The monoisotopic (exact) mass is 489 g/mol. The summed E-state index contributed by atoms with van der Waals surface area (Å²) >= 11 is 0. The lowest BCUT2D eigenvalue weighted by atomic mass is 10.1. The smallest absolute Gasteiger partial charge is 0.211 e. The van der Waals surface area contributed by atoms with Crippen LogP contribution in [0, 0.1) is 0 Å². The number of nitrogens with zero attached hydrogens (tertiary/aromatic N) is 1. The van der Waals surface area contributed by atoms with E-state index in [9.17, 15) is 0 Å². The van der Waals surface area contributed by atoms with Crippen LogP contribution in [0.3, 0.4) is 0 Å². The van der Waals surface area contributed by atoms with Crippen molar-refractivity contribution in [3.63, 3.8) is 0 Å². The summed E-state index contributed by atoms with van der Waals surface area (Å²) in [5.41, 5.74) is 1.11. The molecule has 0 N–H and O–H groups in total. The molecule has 1 saturated heterocycles. The van der Waals surface area contributed by atoms with Crippen LogP contribution in [0.25, 0.3) is 6.08 Å². The molecule has 5 nitrogen and oxygen atoms in total. The maximum absolute atomic E-state index is 6.88. The third kappa shape index (κ3) is 6.06. The number of benzene rings is 1. The van der Waals surface area contributed by atoms with E-state index in [1.54, 1.807) is 0 Å². The third-order valence-corrected chi connectivity index (χ3v) is 16.6. The van der Waals surface area contributed by atoms with E-state index in [1.165, 1.54) is 0 Å². The van der Waals surface area contributed by atoms with E-state index in [2.05, 4.69) is 79.9 Å². The molecule has 0 aromatic heterocycles. The zero-order valence-electron chi connectivity index (χ0n) is 22.1. The molecule has 2 aliphatic heterocycles. The van der Waals surface area contributed by atoms with Crippen molar-refractivity contribution in [1.82, 2.24) is 0 Å². The Morgan fingerprint density at radius 3 is 2.09 bits per heavy atom. The summed E-state index contributed by atoms with van der Waals surface area (Å²) in [6, 6.07) is 10.2. The molecule has 2 aliphatic rings. The number of hydrogen-bond acceptors (Lipinski definition) is 5. The molecule has 0 unspecified atom stereocenters. The Bertz CT molecular complexity index is 869. The van der Waals surface area contributed by atoms with Gasteiger partial charge in [-0.2, -0.15) is 0 Å². The topological polar surface area (TPSA) is 49.3 Å². The molecule has 1 aromatic rings. The van der Waals surface area contributed by atoms with Gasteiger partial charge < -0.3 is 18.3 Å². The number of hydrogen-bond donors (Lipinski definition) is 0. The summed E-state index contributed by atoms with van der Waals surface area (Å²) < 4.78 is 26.1. The van der Waals surface area contributed by atoms with Gasteiger partial charge in [0.25, 0.3) is 0 Å². The Balaban J connectivity index is 1.78. The first-order valence-corrected chi connectivity index (χ1v) is 17.9. The zero-order chi connectivity index (χ0) is 24.7. The van der Waals surface area contributed by atoms with Crippen LogP contribution in [0.5, 0.6) is 0 Å². The van der Waals surface area contributed by atoms with Crippen molar-refractivity contribution in [3.8, 4) is 0 Å². The maximum Gasteiger partial charge on any atom is 0.211 e. The van der Waals surface area contributed by atoms with Crippen molar-refractivity contribution in [2.75, 3.05) is 6.61 Å². The average molecular weight is 490 g/mol. The van der Waals surface area contributed by atoms with Crippen molar-refractivity contribution in [2.45, 2.75) is 102 Å². The molecule has 1 fully saturated rings. The van der Waals surface area contributed by atoms with E-state index in [1.807, 2.05) is 30.4 Å². The van der Waals surface area contributed by atoms with E-state index < -0.39 is 16.6 Å². The van der Waals surface area contributed by atoms with E-state index >= 15 is 0 Å². The highest BCUT2D eigenvalue weighted by Crippen LogP contribution is 2.42. The second-order valence-corrected chi connectivity index (χ2v) is 21.8. The molecule has 7 heteroatoms. The van der Waals surface area contributed by atoms with Crippen molar-refractivity contribution in [3.05, 3.63) is 42.0 Å². The Hall–Kier alpha value is -1.26. The van der Waals surface area contributed by atoms with Gasteiger partial charge in [0.2, 0.25) is 5.90 Å². The average Bonchev–Trinajstić information content (AvgIpc) is 3.22. The van der Waals surface area contributed by atoms with Gasteiger partial charge in [0.1, 0.15) is 12.2 Å². The van der Waals surface area contributed by atoms with Gasteiger partial charge >= 0.3 is 0 Å². The van der Waals surface area contributed by atoms with Gasteiger partial charge in [-0.05, 0) is 47.9 Å². The molecular weight excluding hydrogens is 446 g/mol. The van der Waals surface area contributed by atoms with Crippen LogP contribution in [-0.4, -0.2) is 53.7 Å². The van der Waals surface area contributed by atoms with Gasteiger partial charge in [0, 0.05) is 6.08 Å². The number of rotatable bonds is 7. The molecule has 0 radical (unpaired) electrons. The molecule has 0 spiro atoms. The van der Waals surface area contributed by atoms with Crippen molar-refractivity contribution in [2.24, 2.45) is 4.99 Å². The standard InChI is InChI=1S/C26H43NO4Si2/c1-25(2,3)32(7,8)28-18-20-22(31-33(9,10)26(4,5)6)23-24(29-20)27-21(30-23)17-16-19-14-12-11-13-15-19/h11-17,20,22-24H,18H2,1-10H3/b17-16+/t20-,22-,23+,24-/m1/s1. The highest BCUT2D eigenvalue weighted by Gasteiger charge is 2.54. The van der Waals surface area contributed by atoms with Gasteiger partial charge in [-0.3, -0.25) is 0 Å². The SMILES string of the molecule is CC(C)(C)[Si](C)(C)OC[C@H]1O[C@H]2N=C(/C=C/c3ccccc3)O[C@H]2[C@@H]1O[Si](C)(C)C(C)(C)C. The first-order valence-electron chi connectivity index (χ1n) is 12.1. The van der Waals surface area contributed by atoms with Crippen LogP contribution < -0.4 is 0 Å². The fourth-order valence-electron chi connectivity index (χ4n) is 3.35. The molecule has 2 heterocycles. The molecule has 184 valence electrons. The zero-order valence-corrected chi connectivity index (χ0v) is 24.1. The Morgan fingerprint density at radius 2 is 1.52 bits per heavy atom. The molecule has 0 bridgehead atoms. The Kier molecular flexibility index (Phi) is 7.52. The molecular formula is C26H43NO4Si2. The summed E-state index contributed by atoms with van der Waals surface area (Å²) in [7, 11) is -3.96. The summed E-state index contributed by atoms with van der Waals surface area (Å²) in [4.78, 5) is 4.73. The minimum atomic E-state index is -2.05. The van der Waals surface area contributed by atoms with Crippen molar-refractivity contribution >= 4 is 28.6 Å². The molecule has 3 rings (SSSR count). The summed E-state index contributed by atoms with van der Waals surface area (Å²) in [6.07, 6.45) is 2.94. The van der Waals surface area contributed by atoms with Gasteiger partial charge in [-0.25, -0.2) is 4.99 Å². The van der Waals surface area contributed by atoms with Gasteiger partial charge in [-0.1, -0.05) is 71.9 Å². The lowest BCUT2D eigenvalue weighted by Gasteiger charge is -2.41. The summed E-state index contributed by atoms with van der Waals surface area (Å²) in [5.74, 6) is 0.599. The first-order chi connectivity index (χ1) is 15.1. The fraction of sp³-hybridized carbons (Fsp3) is 0.654. The van der Waals surface area contributed by atoms with Crippen LogP contribution >= 0.6 is 0 Å². The van der Waals surface area contributed by atoms with Gasteiger partial charge in [0.15, 0.2) is 29.0 Å². The molecule has 4 atom stereocenters. The lowest BCUT2D eigenvalue weighted by Crippen LogP contribution is -2.51. The molecule has 1 aromatic carbocycles. The molecule has 0 amide bonds. The first kappa shape index (κ1) is 26.4. The number of aliphatic imine (C=N–C) groups is 1. The maximum atomic E-state index is 6.88. The molecule has 0 saturated carbocycles. The van der Waals surface area contributed by atoms with Crippen LogP contribution in [0.4, 0.5) is 0 Å². The van der Waals surface area contributed by atoms with Gasteiger partial charge in [0.05, 0.1) is 6.61 Å². The summed E-state index contributed by atoms with van der Waals surface area (Å²) in [6.45, 7) is 23.1. The highest BCUT2D eigenvalue weighted by atomic mass is 28.4. The largest absolute Gasteiger partial charge is 0.467 e. The van der Waals surface area contributed by atoms with E-state index in [4.69, 9.17) is 23.3 Å². The lowest BCUT2D eigenvalue weighted by molar-refractivity contribution is -0.0135. The number of ether oxygens (including phenoxy) is 2. The molecule has 33 heavy (non-hydrogen) atoms. The van der Waals surface area contributed by atoms with Gasteiger partial charge in [-0.15, -0.1) is 0 Å². The third-order valence-electron chi connectivity index (χ3n) is 7.67. The fourth-order valence-corrected chi connectivity index (χ4v) is 5.68. The normalized spacial score (nSPS) is 26.4. The predicted octanol–water partition coefficient (Wildman–Crippen LogP) is 6.63. The van der Waals surface area contributed by atoms with Crippen molar-refractivity contribution in [1.29, 1.82) is 0 Å². The summed E-state index contributed by atoms with van der Waals surface area (Å²) in [5, 5.41) is 0.229. The number of fused-ring (bicyclic) bond motifs is 1. The van der Waals surface area contributed by atoms with E-state index in [0.717, 1.165) is 5.56 Å². The Morgan fingerprint density at radius 1 is 0.909 bits per heavy atom. The predicted molar refractivity (Wildman–Crippen MR) is 142 cm³/mol. The van der Waals surface area contributed by atoms with E-state index in [0.29, 0.717) is 12.5 Å². The van der Waals surface area contributed by atoms with Crippen LogP contribution in [0.1, 0.15) is 47.1 Å². The van der Waals surface area contributed by atoms with E-state index in [-0.39, 0.29) is 34.6 Å². The van der Waals surface area contributed by atoms with Crippen LogP contribution in [0.15, 0.2) is 41.4 Å². The minimum Gasteiger partial charge on any atom is -0.467 e. The van der Waals surface area contributed by atoms with Crippen LogP contribution in [-0.2, 0) is 18.3 Å².